The molecule has 8 nitrogen and oxygen atoms in total. The molecule has 1 atom stereocenters. The molecule has 9 heteroatoms. The van der Waals surface area contributed by atoms with Crippen LogP contribution in [0.4, 0.5) is 10.1 Å². The Morgan fingerprint density at radius 1 is 1.18 bits per heavy atom. The van der Waals surface area contributed by atoms with Crippen LogP contribution in [-0.2, 0) is 4.74 Å². The number of fused-ring (bicyclic) bond motifs is 1. The molecule has 168 valence electrons. The monoisotopic (exact) mass is 448 g/mol. The van der Waals surface area contributed by atoms with Crippen LogP contribution in [0.1, 0.15) is 31.2 Å². The fourth-order valence-corrected chi connectivity index (χ4v) is 4.05. The Balaban J connectivity index is 1.62. The summed E-state index contributed by atoms with van der Waals surface area (Å²) in [7, 11) is 0. The SMILES string of the molecule is Cc1cc(-c2cc3c(cnn3C3CCCCO3)cc2Oc2ccc([N+](=O)[O-])cc2F)ccn1. The highest BCUT2D eigenvalue weighted by atomic mass is 19.1. The normalized spacial score (nSPS) is 16.1. The topological polar surface area (TPSA) is 92.3 Å². The molecule has 5 rings (SSSR count). The number of benzene rings is 2. The molecule has 1 fully saturated rings. The summed E-state index contributed by atoms with van der Waals surface area (Å²) < 4.78 is 28.3. The Bertz CT molecular complexity index is 1350. The van der Waals surface area contributed by atoms with E-state index in [1.807, 2.05) is 29.8 Å². The van der Waals surface area contributed by atoms with Gasteiger partial charge in [0, 0.05) is 35.5 Å². The van der Waals surface area contributed by atoms with Crippen molar-refractivity contribution in [2.24, 2.45) is 0 Å². The second-order valence-corrected chi connectivity index (χ2v) is 7.98. The van der Waals surface area contributed by atoms with Gasteiger partial charge in [-0.25, -0.2) is 9.07 Å². The minimum absolute atomic E-state index is 0.102. The Hall–Kier alpha value is -3.85. The van der Waals surface area contributed by atoms with Crippen molar-refractivity contribution in [1.82, 2.24) is 14.8 Å². The van der Waals surface area contributed by atoms with Crippen molar-refractivity contribution >= 4 is 16.6 Å². The van der Waals surface area contributed by atoms with Crippen LogP contribution in [-0.4, -0.2) is 26.3 Å². The lowest BCUT2D eigenvalue weighted by atomic mass is 10.0. The number of pyridine rings is 1. The maximum absolute atomic E-state index is 14.6. The number of nitro groups is 1. The van der Waals surface area contributed by atoms with Crippen molar-refractivity contribution in [3.8, 4) is 22.6 Å². The van der Waals surface area contributed by atoms with Crippen molar-refractivity contribution < 1.29 is 18.8 Å². The molecule has 0 radical (unpaired) electrons. The van der Waals surface area contributed by atoms with Gasteiger partial charge in [0.15, 0.2) is 17.8 Å². The van der Waals surface area contributed by atoms with Gasteiger partial charge < -0.3 is 9.47 Å². The summed E-state index contributed by atoms with van der Waals surface area (Å²) in [6, 6.07) is 10.8. The summed E-state index contributed by atoms with van der Waals surface area (Å²) in [6.07, 6.45) is 6.29. The van der Waals surface area contributed by atoms with Crippen LogP contribution in [0.5, 0.6) is 11.5 Å². The van der Waals surface area contributed by atoms with Gasteiger partial charge in [0.2, 0.25) is 0 Å². The Kier molecular flexibility index (Phi) is 5.47. The van der Waals surface area contributed by atoms with E-state index in [9.17, 15) is 14.5 Å². The molecule has 0 spiro atoms. The third-order valence-electron chi connectivity index (χ3n) is 5.68. The van der Waals surface area contributed by atoms with Crippen LogP contribution in [0.25, 0.3) is 22.0 Å². The zero-order chi connectivity index (χ0) is 22.9. The third kappa shape index (κ3) is 4.14. The minimum atomic E-state index is -0.813. The van der Waals surface area contributed by atoms with E-state index >= 15 is 0 Å². The number of non-ortho nitro benzene ring substituents is 1. The lowest BCUT2D eigenvalue weighted by Crippen LogP contribution is -2.18. The molecule has 0 amide bonds. The van der Waals surface area contributed by atoms with Crippen LogP contribution in [0.3, 0.4) is 0 Å². The zero-order valence-corrected chi connectivity index (χ0v) is 17.9. The number of aromatic nitrogens is 3. The van der Waals surface area contributed by atoms with Crippen LogP contribution >= 0.6 is 0 Å². The third-order valence-corrected chi connectivity index (χ3v) is 5.68. The summed E-state index contributed by atoms with van der Waals surface area (Å²) >= 11 is 0. The molecule has 2 aromatic heterocycles. The molecule has 0 saturated carbocycles. The van der Waals surface area contributed by atoms with E-state index in [4.69, 9.17) is 9.47 Å². The predicted molar refractivity (Wildman–Crippen MR) is 120 cm³/mol. The summed E-state index contributed by atoms with van der Waals surface area (Å²) in [5.41, 5.74) is 2.93. The molecular weight excluding hydrogens is 427 g/mol. The van der Waals surface area contributed by atoms with Crippen molar-refractivity contribution in [1.29, 1.82) is 0 Å². The van der Waals surface area contributed by atoms with Crippen LogP contribution in [0, 0.1) is 22.9 Å². The first-order valence-electron chi connectivity index (χ1n) is 10.7. The molecular formula is C24H21FN4O4. The van der Waals surface area contributed by atoms with E-state index < -0.39 is 10.7 Å². The summed E-state index contributed by atoms with van der Waals surface area (Å²) in [6.45, 7) is 2.59. The minimum Gasteiger partial charge on any atom is -0.454 e. The van der Waals surface area contributed by atoms with Gasteiger partial charge in [-0.1, -0.05) is 0 Å². The molecule has 4 aromatic rings. The molecule has 0 aliphatic carbocycles. The first-order valence-corrected chi connectivity index (χ1v) is 10.7. The second-order valence-electron chi connectivity index (χ2n) is 7.98. The van der Waals surface area contributed by atoms with Gasteiger partial charge in [-0.15, -0.1) is 0 Å². The number of aryl methyl sites for hydroxylation is 1. The standard InChI is InChI=1S/C24H21FN4O4/c1-15-10-16(7-8-26-15)19-13-21-17(14-27-28(21)24-4-2-3-9-32-24)11-23(19)33-22-6-5-18(29(30)31)12-20(22)25/h5-8,10-14,24H,2-4,9H2,1H3. The highest BCUT2D eigenvalue weighted by Crippen LogP contribution is 2.39. The van der Waals surface area contributed by atoms with Crippen molar-refractivity contribution in [3.63, 3.8) is 0 Å². The van der Waals surface area contributed by atoms with Gasteiger partial charge in [0.05, 0.1) is 22.7 Å². The van der Waals surface area contributed by atoms with E-state index in [-0.39, 0.29) is 17.7 Å². The average molecular weight is 448 g/mol. The fourth-order valence-electron chi connectivity index (χ4n) is 4.05. The predicted octanol–water partition coefficient (Wildman–Crippen LogP) is 5.95. The number of hydrogen-bond donors (Lipinski definition) is 0. The molecule has 1 aliphatic heterocycles. The van der Waals surface area contributed by atoms with E-state index in [1.54, 1.807) is 18.5 Å². The molecule has 0 bridgehead atoms. The number of nitrogens with zero attached hydrogens (tertiary/aromatic N) is 4. The van der Waals surface area contributed by atoms with Crippen molar-refractivity contribution in [2.75, 3.05) is 6.61 Å². The first-order chi connectivity index (χ1) is 16.0. The van der Waals surface area contributed by atoms with Crippen molar-refractivity contribution in [3.05, 3.63) is 76.5 Å². The van der Waals surface area contributed by atoms with Gasteiger partial charge in [0.1, 0.15) is 5.75 Å². The van der Waals surface area contributed by atoms with Crippen molar-refractivity contribution in [2.45, 2.75) is 32.4 Å². The van der Waals surface area contributed by atoms with Gasteiger partial charge >= 0.3 is 0 Å². The van der Waals surface area contributed by atoms with E-state index in [2.05, 4.69) is 10.1 Å². The number of ether oxygens (including phenoxy) is 2. The molecule has 1 aliphatic rings. The zero-order valence-electron chi connectivity index (χ0n) is 17.9. The van der Waals surface area contributed by atoms with Gasteiger partial charge in [-0.3, -0.25) is 15.1 Å². The van der Waals surface area contributed by atoms with E-state index in [0.29, 0.717) is 12.4 Å². The Morgan fingerprint density at radius 2 is 2.06 bits per heavy atom. The maximum Gasteiger partial charge on any atom is 0.272 e. The number of halogens is 1. The highest BCUT2D eigenvalue weighted by molar-refractivity contribution is 5.88. The first kappa shape index (κ1) is 21.0. The van der Waals surface area contributed by atoms with E-state index in [0.717, 1.165) is 53.1 Å². The molecule has 0 N–H and O–H groups in total. The highest BCUT2D eigenvalue weighted by Gasteiger charge is 2.21. The van der Waals surface area contributed by atoms with Gasteiger partial charge in [0.25, 0.3) is 5.69 Å². The Morgan fingerprint density at radius 3 is 2.79 bits per heavy atom. The van der Waals surface area contributed by atoms with Gasteiger partial charge in [-0.2, -0.15) is 5.10 Å². The van der Waals surface area contributed by atoms with E-state index in [1.165, 1.54) is 12.1 Å². The molecule has 1 saturated heterocycles. The van der Waals surface area contributed by atoms with Crippen LogP contribution in [0.15, 0.2) is 54.9 Å². The Labute approximate surface area is 188 Å². The quantitative estimate of drug-likeness (QED) is 0.277. The molecule has 33 heavy (non-hydrogen) atoms. The number of hydrogen-bond acceptors (Lipinski definition) is 6. The summed E-state index contributed by atoms with van der Waals surface area (Å²) in [5.74, 6) is -0.507. The largest absolute Gasteiger partial charge is 0.454 e. The van der Waals surface area contributed by atoms with Crippen LogP contribution < -0.4 is 4.74 Å². The molecule has 3 heterocycles. The molecule has 1 unspecified atom stereocenters. The second kappa shape index (κ2) is 8.59. The smallest absolute Gasteiger partial charge is 0.272 e. The molecule has 2 aromatic carbocycles. The maximum atomic E-state index is 14.6. The number of rotatable bonds is 5. The lowest BCUT2D eigenvalue weighted by molar-refractivity contribution is -0.385. The summed E-state index contributed by atoms with van der Waals surface area (Å²) in [5, 5.41) is 16.3. The summed E-state index contributed by atoms with van der Waals surface area (Å²) in [4.78, 5) is 14.6. The average Bonchev–Trinajstić information content (AvgIpc) is 3.23. The number of nitro benzene ring substituents is 1. The lowest BCUT2D eigenvalue weighted by Gasteiger charge is -2.23. The van der Waals surface area contributed by atoms with Gasteiger partial charge in [-0.05, 0) is 62.1 Å². The van der Waals surface area contributed by atoms with Crippen LogP contribution in [0.2, 0.25) is 0 Å². The fraction of sp³-hybridized carbons (Fsp3) is 0.250.